The number of hydrogen-bond donors (Lipinski definition) is 0. The first kappa shape index (κ1) is 9.38. The lowest BCUT2D eigenvalue weighted by Gasteiger charge is -2.04. The van der Waals surface area contributed by atoms with Crippen LogP contribution in [-0.4, -0.2) is 5.78 Å². The molecule has 0 heterocycles. The fourth-order valence-electron chi connectivity index (χ4n) is 1.57. The van der Waals surface area contributed by atoms with Crippen LogP contribution in [-0.2, 0) is 11.2 Å². The van der Waals surface area contributed by atoms with Crippen molar-refractivity contribution >= 4 is 5.78 Å². The molecule has 0 N–H and O–H groups in total. The SMILES string of the molecule is Cc1ccc(F)cc1CC(=O)C1CC1. The first-order valence-corrected chi connectivity index (χ1v) is 4.94. The van der Waals surface area contributed by atoms with Gasteiger partial charge in [-0.2, -0.15) is 0 Å². The number of Topliss-reactive ketones (excluding diaryl/α,β-unsaturated/α-hetero) is 1. The summed E-state index contributed by atoms with van der Waals surface area (Å²) in [5.41, 5.74) is 1.84. The molecular formula is C12H13FO. The zero-order valence-corrected chi connectivity index (χ0v) is 8.22. The summed E-state index contributed by atoms with van der Waals surface area (Å²) in [5.74, 6) is 0.269. The Morgan fingerprint density at radius 2 is 2.21 bits per heavy atom. The van der Waals surface area contributed by atoms with Crippen molar-refractivity contribution in [2.24, 2.45) is 5.92 Å². The molecule has 0 spiro atoms. The van der Waals surface area contributed by atoms with E-state index < -0.39 is 0 Å². The number of carbonyl (C=O) groups is 1. The van der Waals surface area contributed by atoms with Gasteiger partial charge in [0.15, 0.2) is 0 Å². The van der Waals surface area contributed by atoms with Gasteiger partial charge in [0.1, 0.15) is 11.6 Å². The maximum absolute atomic E-state index is 12.9. The number of rotatable bonds is 3. The fourth-order valence-corrected chi connectivity index (χ4v) is 1.57. The second-order valence-corrected chi connectivity index (χ2v) is 3.99. The zero-order chi connectivity index (χ0) is 10.1. The van der Waals surface area contributed by atoms with Crippen LogP contribution in [0.3, 0.4) is 0 Å². The maximum Gasteiger partial charge on any atom is 0.140 e. The molecule has 0 amide bonds. The molecule has 0 bridgehead atoms. The van der Waals surface area contributed by atoms with Gasteiger partial charge in [0.05, 0.1) is 0 Å². The fraction of sp³-hybridized carbons (Fsp3) is 0.417. The Labute approximate surface area is 82.9 Å². The first-order chi connectivity index (χ1) is 6.66. The van der Waals surface area contributed by atoms with Crippen molar-refractivity contribution in [3.63, 3.8) is 0 Å². The van der Waals surface area contributed by atoms with Crippen LogP contribution in [0.25, 0.3) is 0 Å². The van der Waals surface area contributed by atoms with Crippen LogP contribution in [0, 0.1) is 18.7 Å². The van der Waals surface area contributed by atoms with E-state index in [2.05, 4.69) is 0 Å². The van der Waals surface area contributed by atoms with Crippen molar-refractivity contribution in [1.29, 1.82) is 0 Å². The molecule has 0 aromatic heterocycles. The summed E-state index contributed by atoms with van der Waals surface area (Å²) in [6, 6.07) is 4.63. The van der Waals surface area contributed by atoms with Crippen molar-refractivity contribution in [2.45, 2.75) is 26.2 Å². The van der Waals surface area contributed by atoms with Gasteiger partial charge in [0.2, 0.25) is 0 Å². The lowest BCUT2D eigenvalue weighted by Crippen LogP contribution is -2.06. The first-order valence-electron chi connectivity index (χ1n) is 4.94. The second-order valence-electron chi connectivity index (χ2n) is 3.99. The maximum atomic E-state index is 12.9. The highest BCUT2D eigenvalue weighted by Crippen LogP contribution is 2.31. The third-order valence-corrected chi connectivity index (χ3v) is 2.71. The summed E-state index contributed by atoms with van der Waals surface area (Å²) in [5, 5.41) is 0. The molecule has 2 heteroatoms. The van der Waals surface area contributed by atoms with Crippen LogP contribution < -0.4 is 0 Å². The molecule has 0 radical (unpaired) electrons. The summed E-state index contributed by atoms with van der Waals surface area (Å²) >= 11 is 0. The van der Waals surface area contributed by atoms with E-state index in [1.165, 1.54) is 12.1 Å². The Hall–Kier alpha value is -1.18. The molecule has 1 aromatic carbocycles. The summed E-state index contributed by atoms with van der Waals surface area (Å²) in [6.07, 6.45) is 2.44. The summed E-state index contributed by atoms with van der Waals surface area (Å²) in [4.78, 5) is 11.5. The van der Waals surface area contributed by atoms with E-state index in [4.69, 9.17) is 0 Å². The molecule has 0 saturated heterocycles. The standard InChI is InChI=1S/C12H13FO/c1-8-2-5-11(13)6-10(8)7-12(14)9-3-4-9/h2,5-6,9H,3-4,7H2,1H3. The van der Waals surface area contributed by atoms with Crippen LogP contribution in [0.2, 0.25) is 0 Å². The Kier molecular flexibility index (Phi) is 2.36. The normalized spacial score (nSPS) is 15.6. The highest BCUT2D eigenvalue weighted by molar-refractivity contribution is 5.85. The summed E-state index contributed by atoms with van der Waals surface area (Å²) < 4.78 is 12.9. The average molecular weight is 192 g/mol. The Morgan fingerprint density at radius 1 is 1.50 bits per heavy atom. The van der Waals surface area contributed by atoms with Crippen molar-refractivity contribution < 1.29 is 9.18 Å². The topological polar surface area (TPSA) is 17.1 Å². The van der Waals surface area contributed by atoms with Gasteiger partial charge >= 0.3 is 0 Å². The van der Waals surface area contributed by atoms with Crippen molar-refractivity contribution in [3.05, 3.63) is 35.1 Å². The Bertz CT molecular complexity index is 367. The van der Waals surface area contributed by atoms with Crippen LogP contribution >= 0.6 is 0 Å². The minimum absolute atomic E-state index is 0.255. The number of hydrogen-bond acceptors (Lipinski definition) is 1. The summed E-state index contributed by atoms with van der Waals surface area (Å²) in [6.45, 7) is 1.91. The van der Waals surface area contributed by atoms with Crippen LogP contribution in [0.5, 0.6) is 0 Å². The quantitative estimate of drug-likeness (QED) is 0.719. The van der Waals surface area contributed by atoms with Crippen LogP contribution in [0.4, 0.5) is 4.39 Å². The average Bonchev–Trinajstić information content (AvgIpc) is 2.94. The molecule has 1 aliphatic carbocycles. The number of ketones is 1. The van der Waals surface area contributed by atoms with E-state index in [1.54, 1.807) is 6.07 Å². The smallest absolute Gasteiger partial charge is 0.140 e. The zero-order valence-electron chi connectivity index (χ0n) is 8.22. The number of aryl methyl sites for hydroxylation is 1. The molecule has 2 rings (SSSR count). The highest BCUT2D eigenvalue weighted by atomic mass is 19.1. The van der Waals surface area contributed by atoms with Gasteiger partial charge < -0.3 is 0 Å². The van der Waals surface area contributed by atoms with E-state index in [-0.39, 0.29) is 17.5 Å². The second kappa shape index (κ2) is 3.52. The molecule has 0 aliphatic heterocycles. The van der Waals surface area contributed by atoms with Gasteiger partial charge in [-0.1, -0.05) is 6.07 Å². The molecule has 1 fully saturated rings. The molecule has 0 atom stereocenters. The van der Waals surface area contributed by atoms with E-state index in [0.717, 1.165) is 24.0 Å². The predicted octanol–water partition coefficient (Wildman–Crippen LogP) is 2.66. The molecule has 1 nitrogen and oxygen atoms in total. The van der Waals surface area contributed by atoms with Gasteiger partial charge in [-0.25, -0.2) is 4.39 Å². The number of benzene rings is 1. The van der Waals surface area contributed by atoms with Gasteiger partial charge in [0.25, 0.3) is 0 Å². The third-order valence-electron chi connectivity index (χ3n) is 2.71. The third kappa shape index (κ3) is 2.00. The Balaban J connectivity index is 2.14. The molecular weight excluding hydrogens is 179 g/mol. The minimum atomic E-state index is -0.255. The van der Waals surface area contributed by atoms with Crippen LogP contribution in [0.1, 0.15) is 24.0 Å². The predicted molar refractivity (Wildman–Crippen MR) is 52.6 cm³/mol. The molecule has 14 heavy (non-hydrogen) atoms. The van der Waals surface area contributed by atoms with Crippen molar-refractivity contribution in [1.82, 2.24) is 0 Å². The lowest BCUT2D eigenvalue weighted by atomic mass is 10.0. The van der Waals surface area contributed by atoms with Gasteiger partial charge in [0, 0.05) is 12.3 Å². The highest BCUT2D eigenvalue weighted by Gasteiger charge is 2.29. The molecule has 1 saturated carbocycles. The molecule has 74 valence electrons. The van der Waals surface area contributed by atoms with E-state index in [0.29, 0.717) is 6.42 Å². The van der Waals surface area contributed by atoms with Crippen molar-refractivity contribution in [3.8, 4) is 0 Å². The van der Waals surface area contributed by atoms with E-state index >= 15 is 0 Å². The van der Waals surface area contributed by atoms with Gasteiger partial charge in [-0.15, -0.1) is 0 Å². The van der Waals surface area contributed by atoms with Gasteiger partial charge in [-0.05, 0) is 43.0 Å². The van der Waals surface area contributed by atoms with Crippen molar-refractivity contribution in [2.75, 3.05) is 0 Å². The number of carbonyl (C=O) groups excluding carboxylic acids is 1. The molecule has 0 unspecified atom stereocenters. The monoisotopic (exact) mass is 192 g/mol. The largest absolute Gasteiger partial charge is 0.299 e. The Morgan fingerprint density at radius 3 is 2.86 bits per heavy atom. The number of halogens is 1. The lowest BCUT2D eigenvalue weighted by molar-refractivity contribution is -0.119. The molecule has 1 aliphatic rings. The minimum Gasteiger partial charge on any atom is -0.299 e. The van der Waals surface area contributed by atoms with Gasteiger partial charge in [-0.3, -0.25) is 4.79 Å². The summed E-state index contributed by atoms with van der Waals surface area (Å²) in [7, 11) is 0. The van der Waals surface area contributed by atoms with Crippen LogP contribution in [0.15, 0.2) is 18.2 Å². The van der Waals surface area contributed by atoms with E-state index in [9.17, 15) is 9.18 Å². The van der Waals surface area contributed by atoms with E-state index in [1.807, 2.05) is 6.92 Å². The molecule has 1 aromatic rings.